The standard InChI is InChI=1S/C10H18N2O4/c1-16-6-8(9(13)14)12-10(15)11-5-7-3-2-4-7/h7-8H,2-6H2,1H3,(H,13,14)(H2,11,12,15). The molecule has 0 aliphatic heterocycles. The average molecular weight is 230 g/mol. The summed E-state index contributed by atoms with van der Waals surface area (Å²) in [7, 11) is 1.39. The Bertz CT molecular complexity index is 253. The zero-order valence-corrected chi connectivity index (χ0v) is 9.36. The molecule has 1 aliphatic rings. The first-order chi connectivity index (χ1) is 7.63. The van der Waals surface area contributed by atoms with Crippen molar-refractivity contribution in [2.75, 3.05) is 20.3 Å². The van der Waals surface area contributed by atoms with Crippen molar-refractivity contribution in [3.63, 3.8) is 0 Å². The molecule has 1 fully saturated rings. The topological polar surface area (TPSA) is 87.7 Å². The minimum absolute atomic E-state index is 0.0355. The van der Waals surface area contributed by atoms with E-state index in [0.29, 0.717) is 12.5 Å². The number of urea groups is 1. The summed E-state index contributed by atoms with van der Waals surface area (Å²) in [5.41, 5.74) is 0. The van der Waals surface area contributed by atoms with Gasteiger partial charge in [-0.25, -0.2) is 9.59 Å². The minimum Gasteiger partial charge on any atom is -0.480 e. The molecule has 0 aromatic heterocycles. The number of carbonyl (C=O) groups is 2. The highest BCUT2D eigenvalue weighted by Crippen LogP contribution is 2.24. The van der Waals surface area contributed by atoms with E-state index in [-0.39, 0.29) is 6.61 Å². The van der Waals surface area contributed by atoms with Crippen molar-refractivity contribution < 1.29 is 19.4 Å². The van der Waals surface area contributed by atoms with E-state index < -0.39 is 18.0 Å². The van der Waals surface area contributed by atoms with Crippen molar-refractivity contribution in [1.82, 2.24) is 10.6 Å². The van der Waals surface area contributed by atoms with Gasteiger partial charge in [-0.15, -0.1) is 0 Å². The van der Waals surface area contributed by atoms with Gasteiger partial charge in [-0.3, -0.25) is 0 Å². The quantitative estimate of drug-likeness (QED) is 0.607. The number of hydrogen-bond donors (Lipinski definition) is 3. The number of amides is 2. The van der Waals surface area contributed by atoms with E-state index in [1.165, 1.54) is 13.5 Å². The van der Waals surface area contributed by atoms with Gasteiger partial charge >= 0.3 is 12.0 Å². The molecule has 1 aliphatic carbocycles. The Hall–Kier alpha value is -1.30. The van der Waals surface area contributed by atoms with Gasteiger partial charge in [-0.1, -0.05) is 6.42 Å². The summed E-state index contributed by atoms with van der Waals surface area (Å²) in [5.74, 6) is -0.544. The summed E-state index contributed by atoms with van der Waals surface area (Å²) < 4.78 is 4.70. The van der Waals surface area contributed by atoms with Gasteiger partial charge in [0, 0.05) is 13.7 Å². The fraction of sp³-hybridized carbons (Fsp3) is 0.800. The summed E-state index contributed by atoms with van der Waals surface area (Å²) in [5, 5.41) is 13.8. The van der Waals surface area contributed by atoms with Crippen LogP contribution in [-0.2, 0) is 9.53 Å². The van der Waals surface area contributed by atoms with Gasteiger partial charge in [-0.05, 0) is 18.8 Å². The minimum atomic E-state index is -1.10. The number of carboxylic acids is 1. The highest BCUT2D eigenvalue weighted by Gasteiger charge is 2.21. The molecule has 1 unspecified atom stereocenters. The van der Waals surface area contributed by atoms with Crippen molar-refractivity contribution in [3.8, 4) is 0 Å². The van der Waals surface area contributed by atoms with E-state index in [2.05, 4.69) is 10.6 Å². The van der Waals surface area contributed by atoms with E-state index in [9.17, 15) is 9.59 Å². The van der Waals surface area contributed by atoms with Crippen molar-refractivity contribution >= 4 is 12.0 Å². The smallest absolute Gasteiger partial charge is 0.328 e. The molecule has 0 aromatic rings. The molecule has 1 atom stereocenters. The summed E-state index contributed by atoms with van der Waals surface area (Å²) in [6.07, 6.45) is 3.50. The van der Waals surface area contributed by atoms with Gasteiger partial charge in [0.05, 0.1) is 6.61 Å². The van der Waals surface area contributed by atoms with Crippen molar-refractivity contribution in [3.05, 3.63) is 0 Å². The van der Waals surface area contributed by atoms with E-state index in [1.54, 1.807) is 0 Å². The predicted octanol–water partition coefficient (Wildman–Crippen LogP) is 0.185. The van der Waals surface area contributed by atoms with Gasteiger partial charge < -0.3 is 20.5 Å². The summed E-state index contributed by atoms with van der Waals surface area (Å²) >= 11 is 0. The summed E-state index contributed by atoms with van der Waals surface area (Å²) in [4.78, 5) is 22.0. The Balaban J connectivity index is 2.21. The molecule has 16 heavy (non-hydrogen) atoms. The molecule has 0 spiro atoms. The van der Waals surface area contributed by atoms with E-state index >= 15 is 0 Å². The van der Waals surface area contributed by atoms with Gasteiger partial charge in [0.15, 0.2) is 6.04 Å². The number of aliphatic carboxylic acids is 1. The van der Waals surface area contributed by atoms with Crippen LogP contribution >= 0.6 is 0 Å². The maximum absolute atomic E-state index is 11.3. The van der Waals surface area contributed by atoms with Crippen molar-refractivity contribution in [2.45, 2.75) is 25.3 Å². The maximum Gasteiger partial charge on any atom is 0.328 e. The van der Waals surface area contributed by atoms with E-state index in [1.807, 2.05) is 0 Å². The second kappa shape index (κ2) is 6.32. The zero-order valence-electron chi connectivity index (χ0n) is 9.36. The number of hydrogen-bond acceptors (Lipinski definition) is 3. The first-order valence-electron chi connectivity index (χ1n) is 5.39. The molecule has 3 N–H and O–H groups in total. The van der Waals surface area contributed by atoms with Gasteiger partial charge in [0.2, 0.25) is 0 Å². The molecule has 1 saturated carbocycles. The molecule has 0 saturated heterocycles. The third-order valence-corrected chi connectivity index (χ3v) is 2.71. The van der Waals surface area contributed by atoms with Crippen LogP contribution in [0.3, 0.4) is 0 Å². The highest BCUT2D eigenvalue weighted by atomic mass is 16.5. The van der Waals surface area contributed by atoms with Crippen LogP contribution < -0.4 is 10.6 Å². The fourth-order valence-electron chi connectivity index (χ4n) is 1.48. The lowest BCUT2D eigenvalue weighted by atomic mass is 9.85. The van der Waals surface area contributed by atoms with Crippen LogP contribution in [0, 0.1) is 5.92 Å². The molecule has 0 bridgehead atoms. The number of rotatable bonds is 6. The SMILES string of the molecule is COCC(NC(=O)NCC1CCC1)C(=O)O. The van der Waals surface area contributed by atoms with Crippen LogP contribution in [0.15, 0.2) is 0 Å². The molecule has 2 amide bonds. The largest absolute Gasteiger partial charge is 0.480 e. The van der Waals surface area contributed by atoms with Crippen LogP contribution in [0.5, 0.6) is 0 Å². The average Bonchev–Trinajstić information content (AvgIpc) is 2.14. The first-order valence-corrected chi connectivity index (χ1v) is 5.39. The lowest BCUT2D eigenvalue weighted by Crippen LogP contribution is -2.49. The maximum atomic E-state index is 11.3. The van der Waals surface area contributed by atoms with Crippen molar-refractivity contribution in [1.29, 1.82) is 0 Å². The Morgan fingerprint density at radius 3 is 2.62 bits per heavy atom. The normalized spacial score (nSPS) is 17.3. The number of carboxylic acid groups (broad SMARTS) is 1. The van der Waals surface area contributed by atoms with E-state index in [4.69, 9.17) is 9.84 Å². The second-order valence-electron chi connectivity index (χ2n) is 4.00. The third-order valence-electron chi connectivity index (χ3n) is 2.71. The highest BCUT2D eigenvalue weighted by molar-refractivity contribution is 5.82. The molecule has 0 aromatic carbocycles. The summed E-state index contributed by atoms with van der Waals surface area (Å²) in [6.45, 7) is 0.581. The first kappa shape index (κ1) is 12.8. The van der Waals surface area contributed by atoms with Crippen LogP contribution in [-0.4, -0.2) is 43.4 Å². The number of nitrogens with one attached hydrogen (secondary N) is 2. The molecule has 6 nitrogen and oxygen atoms in total. The van der Waals surface area contributed by atoms with Gasteiger partial charge in [0.1, 0.15) is 0 Å². The monoisotopic (exact) mass is 230 g/mol. The lowest BCUT2D eigenvalue weighted by molar-refractivity contribution is -0.140. The predicted molar refractivity (Wildman–Crippen MR) is 57.2 cm³/mol. The molecule has 1 rings (SSSR count). The lowest BCUT2D eigenvalue weighted by Gasteiger charge is -2.25. The van der Waals surface area contributed by atoms with E-state index in [0.717, 1.165) is 12.8 Å². The Labute approximate surface area is 94.3 Å². The molecular formula is C10H18N2O4. The van der Waals surface area contributed by atoms with Crippen LogP contribution in [0.4, 0.5) is 4.79 Å². The summed E-state index contributed by atoms with van der Waals surface area (Å²) in [6, 6.07) is -1.44. The number of methoxy groups -OCH3 is 1. The number of carbonyl (C=O) groups excluding carboxylic acids is 1. The molecular weight excluding hydrogens is 212 g/mol. The van der Waals surface area contributed by atoms with Crippen molar-refractivity contribution in [2.24, 2.45) is 5.92 Å². The van der Waals surface area contributed by atoms with Crippen LogP contribution in [0.1, 0.15) is 19.3 Å². The van der Waals surface area contributed by atoms with Crippen LogP contribution in [0.25, 0.3) is 0 Å². The molecule has 0 radical (unpaired) electrons. The second-order valence-corrected chi connectivity index (χ2v) is 4.00. The Morgan fingerprint density at radius 1 is 1.50 bits per heavy atom. The third kappa shape index (κ3) is 4.06. The Kier molecular flexibility index (Phi) is 5.04. The molecule has 0 heterocycles. The molecule has 6 heteroatoms. The Morgan fingerprint density at radius 2 is 2.19 bits per heavy atom. The number of ether oxygens (including phenoxy) is 1. The molecule has 92 valence electrons. The fourth-order valence-corrected chi connectivity index (χ4v) is 1.48. The zero-order chi connectivity index (χ0) is 12.0. The van der Waals surface area contributed by atoms with Crippen LogP contribution in [0.2, 0.25) is 0 Å². The van der Waals surface area contributed by atoms with Gasteiger partial charge in [0.25, 0.3) is 0 Å². The van der Waals surface area contributed by atoms with Gasteiger partial charge in [-0.2, -0.15) is 0 Å².